The summed E-state index contributed by atoms with van der Waals surface area (Å²) >= 11 is 0. The maximum absolute atomic E-state index is 12.3. The van der Waals surface area contributed by atoms with Crippen molar-refractivity contribution in [1.82, 2.24) is 5.32 Å². The molecule has 0 aliphatic heterocycles. The first-order valence-corrected chi connectivity index (χ1v) is 8.38. The summed E-state index contributed by atoms with van der Waals surface area (Å²) < 4.78 is 5.24. The Kier molecular flexibility index (Phi) is 6.81. The summed E-state index contributed by atoms with van der Waals surface area (Å²) in [7, 11) is 1.54. The number of hydrogen-bond acceptors (Lipinski definition) is 4. The zero-order valence-corrected chi connectivity index (χ0v) is 15.3. The molecular weight excluding hydrogens is 326 g/mol. The van der Waals surface area contributed by atoms with Crippen LogP contribution in [0.4, 0.5) is 5.69 Å². The maximum atomic E-state index is 12.3. The second kappa shape index (κ2) is 9.28. The van der Waals surface area contributed by atoms with Crippen LogP contribution in [0.15, 0.2) is 54.2 Å². The number of carbonyl (C=O) groups is 1. The molecule has 2 aromatic carbocycles. The van der Waals surface area contributed by atoms with Crippen molar-refractivity contribution in [3.8, 4) is 11.8 Å². The van der Waals surface area contributed by atoms with Gasteiger partial charge in [0.25, 0.3) is 5.91 Å². The van der Waals surface area contributed by atoms with Crippen LogP contribution in [-0.4, -0.2) is 19.6 Å². The molecule has 134 valence electrons. The minimum atomic E-state index is -0.473. The number of ether oxygens (including phenoxy) is 1. The van der Waals surface area contributed by atoms with Gasteiger partial charge in [0.2, 0.25) is 0 Å². The second-order valence-electron chi connectivity index (χ2n) is 6.02. The number of benzene rings is 2. The number of nitriles is 1. The Bertz CT molecular complexity index is 851. The molecule has 0 atom stereocenters. The first-order valence-electron chi connectivity index (χ1n) is 8.38. The Labute approximate surface area is 154 Å². The van der Waals surface area contributed by atoms with E-state index in [9.17, 15) is 10.1 Å². The molecule has 2 aromatic rings. The lowest BCUT2D eigenvalue weighted by Crippen LogP contribution is -2.18. The molecule has 0 aliphatic carbocycles. The quantitative estimate of drug-likeness (QED) is 0.456. The van der Waals surface area contributed by atoms with Crippen LogP contribution >= 0.6 is 0 Å². The molecule has 26 heavy (non-hydrogen) atoms. The van der Waals surface area contributed by atoms with Gasteiger partial charge >= 0.3 is 0 Å². The molecule has 0 saturated heterocycles. The van der Waals surface area contributed by atoms with Crippen molar-refractivity contribution in [1.29, 1.82) is 5.26 Å². The molecule has 2 N–H and O–H groups in total. The molecule has 1 amide bonds. The van der Waals surface area contributed by atoms with E-state index in [1.54, 1.807) is 12.1 Å². The van der Waals surface area contributed by atoms with Gasteiger partial charge in [-0.05, 0) is 43.5 Å². The van der Waals surface area contributed by atoms with Crippen LogP contribution in [-0.2, 0) is 11.2 Å². The van der Waals surface area contributed by atoms with Crippen LogP contribution in [0.2, 0.25) is 0 Å². The van der Waals surface area contributed by atoms with Crippen molar-refractivity contribution in [3.63, 3.8) is 0 Å². The highest BCUT2D eigenvalue weighted by Crippen LogP contribution is 2.25. The second-order valence-corrected chi connectivity index (χ2v) is 6.02. The van der Waals surface area contributed by atoms with Gasteiger partial charge in [0, 0.05) is 12.7 Å². The summed E-state index contributed by atoms with van der Waals surface area (Å²) in [6.07, 6.45) is 2.26. The number of hydrogen-bond donors (Lipinski definition) is 2. The molecule has 5 nitrogen and oxygen atoms in total. The molecule has 0 aromatic heterocycles. The van der Waals surface area contributed by atoms with E-state index < -0.39 is 5.91 Å². The average Bonchev–Trinajstić information content (AvgIpc) is 2.62. The minimum Gasteiger partial charge on any atom is -0.495 e. The minimum absolute atomic E-state index is 0.0119. The highest BCUT2D eigenvalue weighted by molar-refractivity contribution is 6.07. The van der Waals surface area contributed by atoms with Gasteiger partial charge in [-0.3, -0.25) is 4.79 Å². The first kappa shape index (κ1) is 19.1. The first-order chi connectivity index (χ1) is 12.5. The van der Waals surface area contributed by atoms with E-state index in [0.717, 1.165) is 12.0 Å². The van der Waals surface area contributed by atoms with Crippen LogP contribution in [0.5, 0.6) is 5.75 Å². The monoisotopic (exact) mass is 349 g/mol. The number of anilines is 1. The van der Waals surface area contributed by atoms with Crippen molar-refractivity contribution in [2.24, 2.45) is 0 Å². The van der Waals surface area contributed by atoms with E-state index in [1.807, 2.05) is 25.1 Å². The predicted molar refractivity (Wildman–Crippen MR) is 103 cm³/mol. The number of carbonyl (C=O) groups excluding carboxylic acids is 1. The highest BCUT2D eigenvalue weighted by Gasteiger charge is 2.12. The number of aryl methyl sites for hydroxylation is 2. The third kappa shape index (κ3) is 5.38. The van der Waals surface area contributed by atoms with E-state index in [0.29, 0.717) is 18.0 Å². The molecular formula is C21H23N3O2. The Morgan fingerprint density at radius 1 is 1.19 bits per heavy atom. The zero-order chi connectivity index (χ0) is 18.9. The lowest BCUT2D eigenvalue weighted by atomic mass is 10.1. The smallest absolute Gasteiger partial charge is 0.267 e. The number of rotatable bonds is 7. The van der Waals surface area contributed by atoms with E-state index >= 15 is 0 Å². The van der Waals surface area contributed by atoms with Crippen LogP contribution in [0.3, 0.4) is 0 Å². The molecule has 0 heterocycles. The lowest BCUT2D eigenvalue weighted by molar-refractivity contribution is -0.112. The Morgan fingerprint density at radius 2 is 1.96 bits per heavy atom. The van der Waals surface area contributed by atoms with Gasteiger partial charge in [-0.15, -0.1) is 0 Å². The third-order valence-electron chi connectivity index (χ3n) is 3.86. The number of nitrogens with one attached hydrogen (secondary N) is 2. The van der Waals surface area contributed by atoms with Gasteiger partial charge in [0.1, 0.15) is 17.4 Å². The maximum Gasteiger partial charge on any atom is 0.267 e. The zero-order valence-electron chi connectivity index (χ0n) is 15.3. The standard InChI is InChI=1S/C21H23N3O2/c1-15-5-4-6-17(11-15)9-10-23-14-18(13-22)21(25)24-19-12-16(2)7-8-20(19)26-3/h4-8,11-12,14,23H,9-10H2,1-3H3,(H,24,25)/b18-14-. The SMILES string of the molecule is COc1ccc(C)cc1NC(=O)/C(C#N)=C\NCCc1cccc(C)c1. The Balaban J connectivity index is 1.97. The molecule has 0 aliphatic rings. The Hall–Kier alpha value is -3.26. The van der Waals surface area contributed by atoms with E-state index in [1.165, 1.54) is 24.4 Å². The summed E-state index contributed by atoms with van der Waals surface area (Å²) in [6, 6.07) is 15.6. The van der Waals surface area contributed by atoms with Gasteiger partial charge in [-0.25, -0.2) is 0 Å². The average molecular weight is 349 g/mol. The Morgan fingerprint density at radius 3 is 2.65 bits per heavy atom. The van der Waals surface area contributed by atoms with Crippen LogP contribution < -0.4 is 15.4 Å². The highest BCUT2D eigenvalue weighted by atomic mass is 16.5. The van der Waals surface area contributed by atoms with Crippen LogP contribution in [0.1, 0.15) is 16.7 Å². The van der Waals surface area contributed by atoms with Crippen LogP contribution in [0, 0.1) is 25.2 Å². The molecule has 0 fully saturated rings. The fraction of sp³-hybridized carbons (Fsp3) is 0.238. The summed E-state index contributed by atoms with van der Waals surface area (Å²) in [5.74, 6) is 0.0769. The predicted octanol–water partition coefficient (Wildman–Crippen LogP) is 3.49. The van der Waals surface area contributed by atoms with Gasteiger partial charge in [0.05, 0.1) is 12.8 Å². The number of nitrogens with zero attached hydrogens (tertiary/aromatic N) is 1. The number of amides is 1. The van der Waals surface area contributed by atoms with Crippen molar-refractivity contribution in [2.45, 2.75) is 20.3 Å². The summed E-state index contributed by atoms with van der Waals surface area (Å²) in [6.45, 7) is 4.60. The normalized spacial score (nSPS) is 10.8. The molecule has 0 radical (unpaired) electrons. The lowest BCUT2D eigenvalue weighted by Gasteiger charge is -2.10. The van der Waals surface area contributed by atoms with Gasteiger partial charge in [0.15, 0.2) is 0 Å². The summed E-state index contributed by atoms with van der Waals surface area (Å²) in [4.78, 5) is 12.3. The molecule has 2 rings (SSSR count). The van der Waals surface area contributed by atoms with Gasteiger partial charge in [-0.1, -0.05) is 35.9 Å². The van der Waals surface area contributed by atoms with Gasteiger partial charge in [-0.2, -0.15) is 5.26 Å². The van der Waals surface area contributed by atoms with E-state index in [-0.39, 0.29) is 5.57 Å². The van der Waals surface area contributed by atoms with E-state index in [4.69, 9.17) is 4.74 Å². The third-order valence-corrected chi connectivity index (χ3v) is 3.86. The fourth-order valence-corrected chi connectivity index (χ4v) is 2.52. The largest absolute Gasteiger partial charge is 0.495 e. The molecule has 0 bridgehead atoms. The van der Waals surface area contributed by atoms with Crippen molar-refractivity contribution in [2.75, 3.05) is 19.0 Å². The summed E-state index contributed by atoms with van der Waals surface area (Å²) in [5.41, 5.74) is 3.96. The molecule has 0 saturated carbocycles. The topological polar surface area (TPSA) is 74.1 Å². The molecule has 0 unspecified atom stereocenters. The van der Waals surface area contributed by atoms with Crippen LogP contribution in [0.25, 0.3) is 0 Å². The van der Waals surface area contributed by atoms with Crippen molar-refractivity contribution >= 4 is 11.6 Å². The summed E-state index contributed by atoms with van der Waals surface area (Å²) in [5, 5.41) is 15.0. The molecule has 5 heteroatoms. The van der Waals surface area contributed by atoms with Crippen molar-refractivity contribution < 1.29 is 9.53 Å². The van der Waals surface area contributed by atoms with Gasteiger partial charge < -0.3 is 15.4 Å². The fourth-order valence-electron chi connectivity index (χ4n) is 2.52. The van der Waals surface area contributed by atoms with Crippen molar-refractivity contribution in [3.05, 3.63) is 70.9 Å². The van der Waals surface area contributed by atoms with E-state index in [2.05, 4.69) is 35.8 Å². The number of methoxy groups -OCH3 is 1. The molecule has 0 spiro atoms.